The van der Waals surface area contributed by atoms with Crippen molar-refractivity contribution in [2.45, 2.75) is 12.8 Å². The maximum atomic E-state index is 9.99. The number of hydrogen-bond acceptors (Lipinski definition) is 3. The lowest BCUT2D eigenvalue weighted by molar-refractivity contribution is -0.138. The van der Waals surface area contributed by atoms with Crippen molar-refractivity contribution in [2.75, 3.05) is 19.8 Å². The molecule has 0 aliphatic rings. The van der Waals surface area contributed by atoms with Crippen LogP contribution in [0.5, 0.6) is 0 Å². The monoisotopic (exact) mass is 173 g/mol. The van der Waals surface area contributed by atoms with Crippen molar-refractivity contribution in [3.8, 4) is 0 Å². The number of ether oxygens (including phenoxy) is 1. The Morgan fingerprint density at radius 2 is 2.33 bits per heavy atom. The number of carboxylic acid groups (broad SMARTS) is 1. The van der Waals surface area contributed by atoms with E-state index in [0.717, 1.165) is 0 Å². The Morgan fingerprint density at radius 3 is 2.92 bits per heavy atom. The molecule has 0 aromatic heterocycles. The largest absolute Gasteiger partial charge is 0.481 e. The zero-order chi connectivity index (χ0) is 9.23. The second-order valence-corrected chi connectivity index (χ2v) is 2.06. The Balaban J connectivity index is 3.00. The summed E-state index contributed by atoms with van der Waals surface area (Å²) < 4.78 is 4.93. The van der Waals surface area contributed by atoms with Crippen LogP contribution in [0.2, 0.25) is 0 Å². The third-order valence-corrected chi connectivity index (χ3v) is 1.07. The normalized spacial score (nSPS) is 9.00. The molecule has 0 spiro atoms. The van der Waals surface area contributed by atoms with Crippen molar-refractivity contribution in [3.05, 3.63) is 10.4 Å². The second kappa shape index (κ2) is 7.84. The van der Waals surface area contributed by atoms with Gasteiger partial charge in [0.05, 0.1) is 13.0 Å². The van der Waals surface area contributed by atoms with E-state index in [4.69, 9.17) is 15.4 Å². The predicted molar refractivity (Wildman–Crippen MR) is 41.7 cm³/mol. The fourth-order valence-electron chi connectivity index (χ4n) is 0.544. The molecule has 0 saturated carbocycles. The molecule has 0 radical (unpaired) electrons. The average Bonchev–Trinajstić information content (AvgIpc) is 2.02. The van der Waals surface area contributed by atoms with Gasteiger partial charge in [0, 0.05) is 18.1 Å². The summed E-state index contributed by atoms with van der Waals surface area (Å²) in [5, 5.41) is 11.5. The van der Waals surface area contributed by atoms with Crippen molar-refractivity contribution in [1.82, 2.24) is 0 Å². The number of nitrogens with zero attached hydrogens (tertiary/aromatic N) is 3. The summed E-state index contributed by atoms with van der Waals surface area (Å²) in [5.74, 6) is -0.870. The van der Waals surface area contributed by atoms with Gasteiger partial charge in [-0.15, -0.1) is 0 Å². The lowest BCUT2D eigenvalue weighted by Gasteiger charge is -1.98. The van der Waals surface area contributed by atoms with Crippen LogP contribution in [0.1, 0.15) is 12.8 Å². The van der Waals surface area contributed by atoms with Crippen LogP contribution in [0, 0.1) is 0 Å². The molecule has 0 unspecified atom stereocenters. The first-order valence-corrected chi connectivity index (χ1v) is 3.57. The van der Waals surface area contributed by atoms with Crippen LogP contribution in [-0.4, -0.2) is 30.8 Å². The minimum atomic E-state index is -0.870. The molecular formula is C6H11N3O3. The quantitative estimate of drug-likeness (QED) is 0.271. The van der Waals surface area contributed by atoms with E-state index in [1.54, 1.807) is 0 Å². The third kappa shape index (κ3) is 8.74. The van der Waals surface area contributed by atoms with E-state index in [-0.39, 0.29) is 13.0 Å². The zero-order valence-corrected chi connectivity index (χ0v) is 6.64. The van der Waals surface area contributed by atoms with E-state index >= 15 is 0 Å². The molecule has 12 heavy (non-hydrogen) atoms. The van der Waals surface area contributed by atoms with Gasteiger partial charge in [0.15, 0.2) is 0 Å². The number of rotatable bonds is 7. The minimum absolute atomic E-state index is 0.0154. The highest BCUT2D eigenvalue weighted by Crippen LogP contribution is 1.87. The summed E-state index contributed by atoms with van der Waals surface area (Å²) in [6.45, 7) is 1.04. The molecule has 0 saturated heterocycles. The van der Waals surface area contributed by atoms with Crippen LogP contribution in [0.3, 0.4) is 0 Å². The van der Waals surface area contributed by atoms with Crippen LogP contribution in [0.15, 0.2) is 5.11 Å². The molecule has 0 aromatic carbocycles. The van der Waals surface area contributed by atoms with Crippen LogP contribution in [0.25, 0.3) is 10.4 Å². The first-order valence-electron chi connectivity index (χ1n) is 3.57. The molecule has 0 bridgehead atoms. The molecule has 6 heteroatoms. The topological polar surface area (TPSA) is 95.3 Å². The molecule has 0 rings (SSSR count). The summed E-state index contributed by atoms with van der Waals surface area (Å²) >= 11 is 0. The molecule has 0 aromatic rings. The van der Waals surface area contributed by atoms with E-state index in [1.165, 1.54) is 0 Å². The summed E-state index contributed by atoms with van der Waals surface area (Å²) in [6, 6.07) is 0. The molecule has 0 aliphatic heterocycles. The number of aliphatic carboxylic acids is 1. The highest BCUT2D eigenvalue weighted by molar-refractivity contribution is 5.66. The Kier molecular flexibility index (Phi) is 7.02. The van der Waals surface area contributed by atoms with Gasteiger partial charge in [-0.1, -0.05) is 5.11 Å². The van der Waals surface area contributed by atoms with E-state index in [0.29, 0.717) is 19.6 Å². The fourth-order valence-corrected chi connectivity index (χ4v) is 0.544. The van der Waals surface area contributed by atoms with E-state index in [1.807, 2.05) is 0 Å². The maximum Gasteiger partial charge on any atom is 0.305 e. The van der Waals surface area contributed by atoms with Crippen LogP contribution in [0.4, 0.5) is 0 Å². The van der Waals surface area contributed by atoms with Crippen LogP contribution >= 0.6 is 0 Å². The van der Waals surface area contributed by atoms with E-state index in [2.05, 4.69) is 10.0 Å². The van der Waals surface area contributed by atoms with Crippen LogP contribution < -0.4 is 0 Å². The van der Waals surface area contributed by atoms with Crippen molar-refractivity contribution in [2.24, 2.45) is 5.11 Å². The van der Waals surface area contributed by atoms with Crippen LogP contribution in [-0.2, 0) is 9.53 Å². The SMILES string of the molecule is [N-]=[N+]=NCCCOCCC(=O)O. The molecule has 0 heterocycles. The third-order valence-electron chi connectivity index (χ3n) is 1.07. The summed E-state index contributed by atoms with van der Waals surface area (Å²) in [7, 11) is 0. The Hall–Kier alpha value is -1.26. The van der Waals surface area contributed by atoms with Crippen molar-refractivity contribution in [3.63, 3.8) is 0 Å². The zero-order valence-electron chi connectivity index (χ0n) is 6.64. The van der Waals surface area contributed by atoms with E-state index < -0.39 is 5.97 Å². The van der Waals surface area contributed by atoms with Gasteiger partial charge in [0.1, 0.15) is 0 Å². The minimum Gasteiger partial charge on any atom is -0.481 e. The molecular weight excluding hydrogens is 162 g/mol. The molecule has 68 valence electrons. The van der Waals surface area contributed by atoms with Gasteiger partial charge in [0.2, 0.25) is 0 Å². The number of carboxylic acids is 1. The average molecular weight is 173 g/mol. The highest BCUT2D eigenvalue weighted by Gasteiger charge is 1.94. The predicted octanol–water partition coefficient (Wildman–Crippen LogP) is 1.18. The van der Waals surface area contributed by atoms with Gasteiger partial charge >= 0.3 is 5.97 Å². The van der Waals surface area contributed by atoms with Gasteiger partial charge in [-0.05, 0) is 12.0 Å². The Morgan fingerprint density at radius 1 is 1.58 bits per heavy atom. The summed E-state index contributed by atoms with van der Waals surface area (Å²) in [6.07, 6.45) is 0.644. The lowest BCUT2D eigenvalue weighted by Crippen LogP contribution is -2.04. The maximum absolute atomic E-state index is 9.99. The van der Waals surface area contributed by atoms with Crippen molar-refractivity contribution < 1.29 is 14.6 Å². The van der Waals surface area contributed by atoms with E-state index in [9.17, 15) is 4.79 Å². The highest BCUT2D eigenvalue weighted by atomic mass is 16.5. The lowest BCUT2D eigenvalue weighted by atomic mass is 10.4. The van der Waals surface area contributed by atoms with Crippen molar-refractivity contribution >= 4 is 5.97 Å². The number of carbonyl (C=O) groups is 1. The van der Waals surface area contributed by atoms with Gasteiger partial charge in [-0.3, -0.25) is 4.79 Å². The van der Waals surface area contributed by atoms with Crippen molar-refractivity contribution in [1.29, 1.82) is 0 Å². The standard InChI is InChI=1S/C6H11N3O3/c7-9-8-3-1-4-12-5-2-6(10)11/h1-5H2,(H,10,11). The Bertz CT molecular complexity index is 171. The molecule has 0 fully saturated rings. The summed E-state index contributed by atoms with van der Waals surface area (Å²) in [5.41, 5.74) is 7.88. The van der Waals surface area contributed by atoms with Gasteiger partial charge < -0.3 is 9.84 Å². The number of azide groups is 1. The number of hydrogen-bond donors (Lipinski definition) is 1. The smallest absolute Gasteiger partial charge is 0.305 e. The molecule has 0 amide bonds. The first-order chi connectivity index (χ1) is 5.77. The van der Waals surface area contributed by atoms with Gasteiger partial charge in [-0.2, -0.15) is 0 Å². The van der Waals surface area contributed by atoms with Gasteiger partial charge in [0.25, 0.3) is 0 Å². The molecule has 1 N–H and O–H groups in total. The fraction of sp³-hybridized carbons (Fsp3) is 0.833. The molecule has 0 atom stereocenters. The second-order valence-electron chi connectivity index (χ2n) is 2.06. The first kappa shape index (κ1) is 10.7. The molecule has 0 aliphatic carbocycles. The summed E-state index contributed by atoms with van der Waals surface area (Å²) in [4.78, 5) is 12.5. The molecule has 6 nitrogen and oxygen atoms in total. The Labute approximate surface area is 69.8 Å². The van der Waals surface area contributed by atoms with Gasteiger partial charge in [-0.25, -0.2) is 0 Å².